The molecule has 0 saturated carbocycles. The van der Waals surface area contributed by atoms with Crippen molar-refractivity contribution in [2.75, 3.05) is 19.0 Å². The summed E-state index contributed by atoms with van der Waals surface area (Å²) in [4.78, 5) is 0.0811. The van der Waals surface area contributed by atoms with E-state index < -0.39 is 10.0 Å². The van der Waals surface area contributed by atoms with E-state index in [4.69, 9.17) is 27.9 Å². The first-order valence-electron chi connectivity index (χ1n) is 5.43. The lowest BCUT2D eigenvalue weighted by atomic mass is 10.3. The average molecular weight is 391 g/mol. The van der Waals surface area contributed by atoms with E-state index in [2.05, 4.69) is 20.7 Å². The van der Waals surface area contributed by atoms with E-state index in [1.54, 1.807) is 0 Å². The number of alkyl halides is 1. The van der Waals surface area contributed by atoms with Crippen molar-refractivity contribution in [1.82, 2.24) is 4.72 Å². The number of ether oxygens (including phenoxy) is 1. The lowest BCUT2D eigenvalue weighted by Crippen LogP contribution is -2.38. The molecule has 8 heteroatoms. The summed E-state index contributed by atoms with van der Waals surface area (Å²) in [6, 6.07) is 3.89. The summed E-state index contributed by atoms with van der Waals surface area (Å²) in [6.45, 7) is 0.298. The maximum Gasteiger partial charge on any atom is 0.240 e. The zero-order valence-electron chi connectivity index (χ0n) is 10.2. The lowest BCUT2D eigenvalue weighted by molar-refractivity contribution is 0.173. The van der Waals surface area contributed by atoms with E-state index in [0.29, 0.717) is 23.4 Å². The minimum absolute atomic E-state index is 0.0811. The van der Waals surface area contributed by atoms with Crippen molar-refractivity contribution < 1.29 is 13.2 Å². The lowest BCUT2D eigenvalue weighted by Gasteiger charge is -2.17. The average Bonchev–Trinajstić information content (AvgIpc) is 2.32. The van der Waals surface area contributed by atoms with Crippen LogP contribution in [-0.2, 0) is 14.8 Å². The van der Waals surface area contributed by atoms with Gasteiger partial charge in [0.15, 0.2) is 0 Å². The van der Waals surface area contributed by atoms with E-state index >= 15 is 0 Å². The topological polar surface area (TPSA) is 55.4 Å². The highest BCUT2D eigenvalue weighted by Gasteiger charge is 2.20. The Morgan fingerprint density at radius 2 is 2.05 bits per heavy atom. The predicted octanol–water partition coefficient (Wildman–Crippen LogP) is 3.07. The molecule has 1 N–H and O–H groups in total. The van der Waals surface area contributed by atoms with Crippen LogP contribution in [0.5, 0.6) is 0 Å². The molecule has 0 amide bonds. The van der Waals surface area contributed by atoms with Crippen molar-refractivity contribution in [3.63, 3.8) is 0 Å². The molecule has 1 rings (SSSR count). The quantitative estimate of drug-likeness (QED) is 0.728. The zero-order valence-corrected chi connectivity index (χ0v) is 14.1. The molecule has 19 heavy (non-hydrogen) atoms. The van der Waals surface area contributed by atoms with Crippen molar-refractivity contribution in [2.24, 2.45) is 0 Å². The summed E-state index contributed by atoms with van der Waals surface area (Å²) in [5.74, 6) is 0. The SMILES string of the molecule is COCC(CCBr)NS(=O)(=O)c1ccc(Cl)c(Cl)c1. The Labute approximate surface area is 131 Å². The first-order valence-corrected chi connectivity index (χ1v) is 8.79. The number of methoxy groups -OCH3 is 1. The molecule has 0 fully saturated rings. The molecule has 0 aliphatic heterocycles. The molecule has 1 unspecified atom stereocenters. The van der Waals surface area contributed by atoms with Gasteiger partial charge >= 0.3 is 0 Å². The zero-order chi connectivity index (χ0) is 14.5. The minimum atomic E-state index is -3.64. The number of rotatable bonds is 7. The summed E-state index contributed by atoms with van der Waals surface area (Å²) < 4.78 is 31.9. The van der Waals surface area contributed by atoms with Crippen molar-refractivity contribution in [3.05, 3.63) is 28.2 Å². The van der Waals surface area contributed by atoms with Crippen LogP contribution in [0, 0.1) is 0 Å². The third-order valence-corrected chi connectivity index (χ3v) is 5.06. The van der Waals surface area contributed by atoms with Gasteiger partial charge in [0, 0.05) is 18.5 Å². The van der Waals surface area contributed by atoms with Gasteiger partial charge < -0.3 is 4.74 Å². The largest absolute Gasteiger partial charge is 0.383 e. The minimum Gasteiger partial charge on any atom is -0.383 e. The van der Waals surface area contributed by atoms with Crippen LogP contribution >= 0.6 is 39.1 Å². The highest BCUT2D eigenvalue weighted by Crippen LogP contribution is 2.24. The smallest absolute Gasteiger partial charge is 0.240 e. The predicted molar refractivity (Wildman–Crippen MR) is 80.9 cm³/mol. The van der Waals surface area contributed by atoms with E-state index in [9.17, 15) is 8.42 Å². The molecule has 0 heterocycles. The second kappa shape index (κ2) is 7.81. The first-order chi connectivity index (χ1) is 8.90. The summed E-state index contributed by atoms with van der Waals surface area (Å²) in [5, 5.41) is 1.19. The molecule has 0 saturated heterocycles. The van der Waals surface area contributed by atoms with Gasteiger partial charge in [0.05, 0.1) is 21.5 Å². The van der Waals surface area contributed by atoms with Gasteiger partial charge in [-0.2, -0.15) is 0 Å². The molecule has 0 bridgehead atoms. The van der Waals surface area contributed by atoms with E-state index in [0.717, 1.165) is 0 Å². The van der Waals surface area contributed by atoms with Crippen LogP contribution < -0.4 is 4.72 Å². The number of hydrogen-bond donors (Lipinski definition) is 1. The van der Waals surface area contributed by atoms with Crippen molar-refractivity contribution in [1.29, 1.82) is 0 Å². The number of nitrogens with one attached hydrogen (secondary N) is 1. The number of sulfonamides is 1. The normalized spacial score (nSPS) is 13.5. The monoisotopic (exact) mass is 389 g/mol. The Bertz CT molecular complexity index is 519. The van der Waals surface area contributed by atoms with Crippen LogP contribution in [0.4, 0.5) is 0 Å². The molecule has 0 aromatic heterocycles. The van der Waals surface area contributed by atoms with E-state index in [1.807, 2.05) is 0 Å². The van der Waals surface area contributed by atoms with Crippen LogP contribution in [-0.4, -0.2) is 33.5 Å². The molecule has 0 aliphatic carbocycles. The molecule has 108 valence electrons. The van der Waals surface area contributed by atoms with Crippen LogP contribution in [0.3, 0.4) is 0 Å². The van der Waals surface area contributed by atoms with Crippen LogP contribution in [0.15, 0.2) is 23.1 Å². The van der Waals surface area contributed by atoms with Gasteiger partial charge in [0.1, 0.15) is 0 Å². The Morgan fingerprint density at radius 1 is 1.37 bits per heavy atom. The summed E-state index contributed by atoms with van der Waals surface area (Å²) in [7, 11) is -2.11. The second-order valence-corrected chi connectivity index (χ2v) is 7.15. The van der Waals surface area contributed by atoms with Gasteiger partial charge in [-0.3, -0.25) is 0 Å². The molecule has 0 spiro atoms. The number of benzene rings is 1. The summed E-state index contributed by atoms with van der Waals surface area (Å²) in [5.41, 5.74) is 0. The molecule has 0 radical (unpaired) electrons. The van der Waals surface area contributed by atoms with Gasteiger partial charge in [-0.25, -0.2) is 13.1 Å². The fourth-order valence-corrected chi connectivity index (χ4v) is 3.64. The Morgan fingerprint density at radius 3 is 2.58 bits per heavy atom. The highest BCUT2D eigenvalue weighted by atomic mass is 79.9. The van der Waals surface area contributed by atoms with Crippen molar-refractivity contribution in [2.45, 2.75) is 17.4 Å². The molecule has 1 aromatic rings. The van der Waals surface area contributed by atoms with Gasteiger partial charge in [-0.05, 0) is 24.6 Å². The molecular formula is C11H14BrCl2NO3S. The Kier molecular flexibility index (Phi) is 7.07. The second-order valence-electron chi connectivity index (χ2n) is 3.83. The maximum atomic E-state index is 12.2. The van der Waals surface area contributed by atoms with Gasteiger partial charge in [-0.1, -0.05) is 39.1 Å². The highest BCUT2D eigenvalue weighted by molar-refractivity contribution is 9.09. The van der Waals surface area contributed by atoms with Crippen LogP contribution in [0.2, 0.25) is 10.0 Å². The number of hydrogen-bond acceptors (Lipinski definition) is 3. The van der Waals surface area contributed by atoms with Gasteiger partial charge in [0.2, 0.25) is 10.0 Å². The molecule has 4 nitrogen and oxygen atoms in total. The molecule has 1 atom stereocenters. The van der Waals surface area contributed by atoms with E-state index in [-0.39, 0.29) is 16.0 Å². The fourth-order valence-electron chi connectivity index (χ4n) is 1.44. The standard InChI is InChI=1S/C11H14BrCl2NO3S/c1-18-7-8(4-5-12)15-19(16,17)9-2-3-10(13)11(14)6-9/h2-3,6,8,15H,4-5,7H2,1H3. The van der Waals surface area contributed by atoms with Crippen LogP contribution in [0.1, 0.15) is 6.42 Å². The van der Waals surface area contributed by atoms with E-state index in [1.165, 1.54) is 25.3 Å². The van der Waals surface area contributed by atoms with Gasteiger partial charge in [0.25, 0.3) is 0 Å². The number of halogens is 3. The maximum absolute atomic E-state index is 12.2. The van der Waals surface area contributed by atoms with Gasteiger partial charge in [-0.15, -0.1) is 0 Å². The van der Waals surface area contributed by atoms with Crippen molar-refractivity contribution in [3.8, 4) is 0 Å². The molecule has 1 aromatic carbocycles. The Hall–Kier alpha value is 0.150. The first kappa shape index (κ1) is 17.2. The third-order valence-electron chi connectivity index (χ3n) is 2.35. The Balaban J connectivity index is 2.92. The van der Waals surface area contributed by atoms with Crippen molar-refractivity contribution >= 4 is 49.2 Å². The molecule has 0 aliphatic rings. The molecular weight excluding hydrogens is 377 g/mol. The summed E-state index contributed by atoms with van der Waals surface area (Å²) in [6.07, 6.45) is 0.619. The summed E-state index contributed by atoms with van der Waals surface area (Å²) >= 11 is 14.9. The van der Waals surface area contributed by atoms with Crippen LogP contribution in [0.25, 0.3) is 0 Å². The fraction of sp³-hybridized carbons (Fsp3) is 0.455. The third kappa shape index (κ3) is 5.21.